The van der Waals surface area contributed by atoms with Gasteiger partial charge in [-0.05, 0) is 41.3 Å². The van der Waals surface area contributed by atoms with E-state index in [0.29, 0.717) is 23.5 Å². The van der Waals surface area contributed by atoms with Gasteiger partial charge in [0.15, 0.2) is 0 Å². The Morgan fingerprint density at radius 2 is 1.80 bits per heavy atom. The van der Waals surface area contributed by atoms with Gasteiger partial charge in [-0.1, -0.05) is 30.3 Å². The van der Waals surface area contributed by atoms with Crippen LogP contribution in [0.4, 0.5) is 11.4 Å². The van der Waals surface area contributed by atoms with Crippen molar-refractivity contribution in [2.75, 3.05) is 17.1 Å². The Labute approximate surface area is 179 Å². The Morgan fingerprint density at radius 1 is 1.03 bits per heavy atom. The van der Waals surface area contributed by atoms with Crippen molar-refractivity contribution in [3.05, 3.63) is 77.2 Å². The van der Waals surface area contributed by atoms with E-state index in [4.69, 9.17) is 0 Å². The Bertz CT molecular complexity index is 1160. The average molecular weight is 444 g/mol. The van der Waals surface area contributed by atoms with Gasteiger partial charge in [-0.2, -0.15) is 0 Å². The molecule has 3 rings (SSSR count). The SMILES string of the molecule is CC(=O)N(C)Cc1ccccc1NC(=O)c1cccc(NS(=O)(=O)c2cccs2)c1. The molecular formula is C21H21N3O4S2. The lowest BCUT2D eigenvalue weighted by molar-refractivity contribution is -0.128. The van der Waals surface area contributed by atoms with Crippen LogP contribution in [0.2, 0.25) is 0 Å². The Balaban J connectivity index is 1.78. The number of para-hydroxylation sites is 1. The molecule has 0 fully saturated rings. The smallest absolute Gasteiger partial charge is 0.271 e. The zero-order valence-corrected chi connectivity index (χ0v) is 18.1. The molecule has 0 aliphatic heterocycles. The summed E-state index contributed by atoms with van der Waals surface area (Å²) in [6.07, 6.45) is 0. The first-order valence-corrected chi connectivity index (χ1v) is 11.4. The molecule has 0 atom stereocenters. The van der Waals surface area contributed by atoms with Crippen LogP contribution in [0, 0.1) is 0 Å². The molecule has 0 bridgehead atoms. The first kappa shape index (κ1) is 21.5. The third kappa shape index (κ3) is 5.25. The fraction of sp³-hybridized carbons (Fsp3) is 0.143. The second-order valence-electron chi connectivity index (χ2n) is 6.60. The van der Waals surface area contributed by atoms with Crippen molar-refractivity contribution in [3.63, 3.8) is 0 Å². The van der Waals surface area contributed by atoms with Crippen LogP contribution in [-0.2, 0) is 21.4 Å². The fourth-order valence-electron chi connectivity index (χ4n) is 2.69. The number of carbonyl (C=O) groups is 2. The lowest BCUT2D eigenvalue weighted by atomic mass is 10.1. The van der Waals surface area contributed by atoms with Crippen molar-refractivity contribution >= 4 is 44.5 Å². The minimum atomic E-state index is -3.70. The number of benzene rings is 2. The summed E-state index contributed by atoms with van der Waals surface area (Å²) >= 11 is 1.11. The number of rotatable bonds is 7. The van der Waals surface area contributed by atoms with Crippen molar-refractivity contribution in [2.24, 2.45) is 0 Å². The zero-order valence-electron chi connectivity index (χ0n) is 16.5. The van der Waals surface area contributed by atoms with Gasteiger partial charge in [0.05, 0.1) is 0 Å². The van der Waals surface area contributed by atoms with Gasteiger partial charge in [-0.25, -0.2) is 8.42 Å². The van der Waals surface area contributed by atoms with Gasteiger partial charge in [0.25, 0.3) is 15.9 Å². The second-order valence-corrected chi connectivity index (χ2v) is 9.46. The van der Waals surface area contributed by atoms with E-state index >= 15 is 0 Å². The number of nitrogens with one attached hydrogen (secondary N) is 2. The topological polar surface area (TPSA) is 95.6 Å². The Morgan fingerprint density at radius 3 is 2.50 bits per heavy atom. The number of hydrogen-bond acceptors (Lipinski definition) is 5. The van der Waals surface area contributed by atoms with Crippen LogP contribution in [0.5, 0.6) is 0 Å². The molecule has 156 valence electrons. The van der Waals surface area contributed by atoms with Crippen LogP contribution in [0.15, 0.2) is 70.3 Å². The molecule has 2 aromatic carbocycles. The molecule has 9 heteroatoms. The van der Waals surface area contributed by atoms with Gasteiger partial charge in [0.1, 0.15) is 4.21 Å². The molecule has 0 aliphatic carbocycles. The largest absolute Gasteiger partial charge is 0.342 e. The normalized spacial score (nSPS) is 11.0. The summed E-state index contributed by atoms with van der Waals surface area (Å²) in [4.78, 5) is 25.8. The van der Waals surface area contributed by atoms with Crippen molar-refractivity contribution in [2.45, 2.75) is 17.7 Å². The molecule has 1 heterocycles. The molecule has 0 saturated heterocycles. The molecule has 7 nitrogen and oxygen atoms in total. The van der Waals surface area contributed by atoms with E-state index in [-0.39, 0.29) is 16.0 Å². The molecular weight excluding hydrogens is 422 g/mol. The van der Waals surface area contributed by atoms with E-state index in [1.807, 2.05) is 12.1 Å². The number of sulfonamides is 1. The van der Waals surface area contributed by atoms with E-state index in [0.717, 1.165) is 16.9 Å². The maximum atomic E-state index is 12.8. The van der Waals surface area contributed by atoms with Crippen LogP contribution >= 0.6 is 11.3 Å². The minimum absolute atomic E-state index is 0.0816. The number of thiophene rings is 1. The van der Waals surface area contributed by atoms with Crippen LogP contribution in [0.3, 0.4) is 0 Å². The molecule has 30 heavy (non-hydrogen) atoms. The lowest BCUT2D eigenvalue weighted by Crippen LogP contribution is -2.24. The highest BCUT2D eigenvalue weighted by atomic mass is 32.2. The van der Waals surface area contributed by atoms with E-state index in [1.165, 1.54) is 19.1 Å². The maximum absolute atomic E-state index is 12.8. The van der Waals surface area contributed by atoms with E-state index < -0.39 is 10.0 Å². The van der Waals surface area contributed by atoms with Gasteiger partial charge in [0.2, 0.25) is 5.91 Å². The molecule has 0 radical (unpaired) electrons. The van der Waals surface area contributed by atoms with Crippen LogP contribution in [0.1, 0.15) is 22.8 Å². The quantitative estimate of drug-likeness (QED) is 0.581. The average Bonchev–Trinajstić information content (AvgIpc) is 3.25. The number of anilines is 2. The third-order valence-electron chi connectivity index (χ3n) is 4.35. The number of nitrogens with zero attached hydrogens (tertiary/aromatic N) is 1. The summed E-state index contributed by atoms with van der Waals surface area (Å²) in [7, 11) is -2.02. The lowest BCUT2D eigenvalue weighted by Gasteiger charge is -2.18. The van der Waals surface area contributed by atoms with Crippen LogP contribution < -0.4 is 10.0 Å². The number of hydrogen-bond donors (Lipinski definition) is 2. The van der Waals surface area contributed by atoms with Crippen LogP contribution in [0.25, 0.3) is 0 Å². The van der Waals surface area contributed by atoms with Crippen LogP contribution in [-0.4, -0.2) is 32.2 Å². The monoisotopic (exact) mass is 443 g/mol. The number of carbonyl (C=O) groups excluding carboxylic acids is 2. The van der Waals surface area contributed by atoms with E-state index in [9.17, 15) is 18.0 Å². The second kappa shape index (κ2) is 9.10. The number of amides is 2. The highest BCUT2D eigenvalue weighted by Gasteiger charge is 2.16. The summed E-state index contributed by atoms with van der Waals surface area (Å²) in [6.45, 7) is 1.83. The molecule has 1 aromatic heterocycles. The van der Waals surface area contributed by atoms with Crippen molar-refractivity contribution in [1.82, 2.24) is 4.90 Å². The molecule has 0 aliphatic rings. The highest BCUT2D eigenvalue weighted by Crippen LogP contribution is 2.22. The summed E-state index contributed by atoms with van der Waals surface area (Å²) in [5.74, 6) is -0.466. The van der Waals surface area contributed by atoms with Gasteiger partial charge in [0, 0.05) is 37.5 Å². The van der Waals surface area contributed by atoms with E-state index in [1.54, 1.807) is 53.7 Å². The first-order valence-electron chi connectivity index (χ1n) is 9.03. The molecule has 0 saturated carbocycles. The van der Waals surface area contributed by atoms with Gasteiger partial charge >= 0.3 is 0 Å². The highest BCUT2D eigenvalue weighted by molar-refractivity contribution is 7.94. The van der Waals surface area contributed by atoms with Crippen molar-refractivity contribution in [3.8, 4) is 0 Å². The maximum Gasteiger partial charge on any atom is 0.271 e. The van der Waals surface area contributed by atoms with Gasteiger partial charge in [-0.3, -0.25) is 14.3 Å². The van der Waals surface area contributed by atoms with E-state index in [2.05, 4.69) is 10.0 Å². The predicted molar refractivity (Wildman–Crippen MR) is 118 cm³/mol. The molecule has 2 N–H and O–H groups in total. The molecule has 2 amide bonds. The molecule has 0 spiro atoms. The zero-order chi connectivity index (χ0) is 21.7. The molecule has 3 aromatic rings. The standard InChI is InChI=1S/C21H21N3O4S2/c1-15(25)24(2)14-17-7-3-4-10-19(17)22-21(26)16-8-5-9-18(13-16)23-30(27,28)20-11-6-12-29-20/h3-13,23H,14H2,1-2H3,(H,22,26). The van der Waals surface area contributed by atoms with Gasteiger partial charge in [-0.15, -0.1) is 11.3 Å². The Hall–Kier alpha value is -3.17. The fourth-order valence-corrected chi connectivity index (χ4v) is 4.73. The summed E-state index contributed by atoms with van der Waals surface area (Å²) < 4.78 is 27.5. The molecule has 0 unspecified atom stereocenters. The minimum Gasteiger partial charge on any atom is -0.342 e. The summed E-state index contributed by atoms with van der Waals surface area (Å²) in [5, 5.41) is 4.52. The first-order chi connectivity index (χ1) is 14.3. The van der Waals surface area contributed by atoms with Gasteiger partial charge < -0.3 is 10.2 Å². The van der Waals surface area contributed by atoms with Crippen molar-refractivity contribution < 1.29 is 18.0 Å². The third-order valence-corrected chi connectivity index (χ3v) is 7.13. The Kier molecular flexibility index (Phi) is 6.53. The van der Waals surface area contributed by atoms with Crippen molar-refractivity contribution in [1.29, 1.82) is 0 Å². The predicted octanol–water partition coefficient (Wildman–Crippen LogP) is 3.78. The summed E-state index contributed by atoms with van der Waals surface area (Å²) in [6, 6.07) is 16.6. The summed E-state index contributed by atoms with van der Waals surface area (Å²) in [5.41, 5.74) is 1.97.